The van der Waals surface area contributed by atoms with Gasteiger partial charge in [0.1, 0.15) is 18.2 Å². The van der Waals surface area contributed by atoms with Crippen LogP contribution in [0.15, 0.2) is 42.5 Å². The lowest BCUT2D eigenvalue weighted by molar-refractivity contribution is 0.300. The summed E-state index contributed by atoms with van der Waals surface area (Å²) in [4.78, 5) is 0. The molecule has 0 saturated heterocycles. The Balaban J connectivity index is 2.05. The smallest absolute Gasteiger partial charge is 0.488 e. The lowest BCUT2D eigenvalue weighted by atomic mass is 9.80. The van der Waals surface area contributed by atoms with Crippen LogP contribution in [0.3, 0.4) is 0 Å². The Morgan fingerprint density at radius 2 is 1.79 bits per heavy atom. The molecule has 3 nitrogen and oxygen atoms in total. The maximum atomic E-state index is 13.7. The predicted molar refractivity (Wildman–Crippen MR) is 72.0 cm³/mol. The monoisotopic (exact) mass is 280 g/mol. The largest absolute Gasteiger partial charge is 0.489 e. The standard InChI is InChI=1S/C13H11BClFO3/c15-11-3-5-12(6-4-11)19-8-9-1-2-10(14(17)18)7-13(9)16/h1-7,17-18H,8H2. The van der Waals surface area contributed by atoms with Gasteiger partial charge in [0.2, 0.25) is 0 Å². The molecule has 0 bridgehead atoms. The summed E-state index contributed by atoms with van der Waals surface area (Å²) in [5, 5.41) is 18.4. The third-order valence-corrected chi connectivity index (χ3v) is 2.84. The summed E-state index contributed by atoms with van der Waals surface area (Å²) < 4.78 is 19.1. The van der Waals surface area contributed by atoms with Gasteiger partial charge in [-0.15, -0.1) is 0 Å². The summed E-state index contributed by atoms with van der Waals surface area (Å²) >= 11 is 5.74. The summed E-state index contributed by atoms with van der Waals surface area (Å²) in [6, 6.07) is 10.7. The molecule has 2 aromatic rings. The highest BCUT2D eigenvalue weighted by Gasteiger charge is 2.13. The number of rotatable bonds is 4. The zero-order chi connectivity index (χ0) is 13.8. The van der Waals surface area contributed by atoms with Gasteiger partial charge in [-0.05, 0) is 35.8 Å². The van der Waals surface area contributed by atoms with Gasteiger partial charge >= 0.3 is 7.12 Å². The van der Waals surface area contributed by atoms with Gasteiger partial charge in [-0.25, -0.2) is 4.39 Å². The molecule has 0 saturated carbocycles. The molecule has 0 spiro atoms. The van der Waals surface area contributed by atoms with E-state index in [-0.39, 0.29) is 12.1 Å². The van der Waals surface area contributed by atoms with E-state index in [1.807, 2.05) is 0 Å². The van der Waals surface area contributed by atoms with E-state index in [1.165, 1.54) is 12.1 Å². The second kappa shape index (κ2) is 6.06. The SMILES string of the molecule is OB(O)c1ccc(COc2ccc(Cl)cc2)c(F)c1. The Hall–Kier alpha value is -1.56. The Morgan fingerprint density at radius 1 is 1.11 bits per heavy atom. The summed E-state index contributed by atoms with van der Waals surface area (Å²) in [5.41, 5.74) is 0.437. The second-order valence-electron chi connectivity index (χ2n) is 3.97. The van der Waals surface area contributed by atoms with Crippen molar-refractivity contribution in [2.24, 2.45) is 0 Å². The van der Waals surface area contributed by atoms with Crippen molar-refractivity contribution in [2.45, 2.75) is 6.61 Å². The molecule has 0 aliphatic heterocycles. The van der Waals surface area contributed by atoms with E-state index in [4.69, 9.17) is 26.4 Å². The number of halogens is 2. The van der Waals surface area contributed by atoms with Crippen molar-refractivity contribution in [3.63, 3.8) is 0 Å². The van der Waals surface area contributed by atoms with Gasteiger partial charge in [0, 0.05) is 10.6 Å². The fourth-order valence-corrected chi connectivity index (χ4v) is 1.66. The molecule has 0 aliphatic carbocycles. The first kappa shape index (κ1) is 13.9. The van der Waals surface area contributed by atoms with Gasteiger partial charge in [0.05, 0.1) is 0 Å². The van der Waals surface area contributed by atoms with Gasteiger partial charge in [0.25, 0.3) is 0 Å². The molecule has 19 heavy (non-hydrogen) atoms. The Kier molecular flexibility index (Phi) is 4.42. The van der Waals surface area contributed by atoms with Crippen LogP contribution >= 0.6 is 11.6 Å². The van der Waals surface area contributed by atoms with Crippen LogP contribution in [0.5, 0.6) is 5.75 Å². The van der Waals surface area contributed by atoms with Gasteiger partial charge in [0.15, 0.2) is 0 Å². The van der Waals surface area contributed by atoms with Crippen LogP contribution in [0, 0.1) is 5.82 Å². The summed E-state index contributed by atoms with van der Waals surface area (Å²) in [6.07, 6.45) is 0. The topological polar surface area (TPSA) is 49.7 Å². The van der Waals surface area contributed by atoms with Gasteiger partial charge in [-0.2, -0.15) is 0 Å². The van der Waals surface area contributed by atoms with E-state index in [9.17, 15) is 4.39 Å². The average molecular weight is 280 g/mol. The highest BCUT2D eigenvalue weighted by Crippen LogP contribution is 2.17. The van der Waals surface area contributed by atoms with E-state index in [1.54, 1.807) is 24.3 Å². The van der Waals surface area contributed by atoms with Crippen molar-refractivity contribution in [3.05, 3.63) is 58.9 Å². The summed E-state index contributed by atoms with van der Waals surface area (Å²) in [7, 11) is -1.68. The first-order chi connectivity index (χ1) is 9.06. The Bertz CT molecular complexity index is 560. The predicted octanol–water partition coefficient (Wildman–Crippen LogP) is 1.74. The third kappa shape index (κ3) is 3.70. The highest BCUT2D eigenvalue weighted by atomic mass is 35.5. The summed E-state index contributed by atoms with van der Waals surface area (Å²) in [6.45, 7) is 0.0509. The van der Waals surface area contributed by atoms with Gasteiger partial charge < -0.3 is 14.8 Å². The van der Waals surface area contributed by atoms with Crippen molar-refractivity contribution in [3.8, 4) is 5.75 Å². The quantitative estimate of drug-likeness (QED) is 0.839. The molecule has 0 unspecified atom stereocenters. The number of ether oxygens (including phenoxy) is 1. The molecule has 0 radical (unpaired) electrons. The summed E-state index contributed by atoms with van der Waals surface area (Å²) in [5.74, 6) is 0.0367. The fraction of sp³-hybridized carbons (Fsp3) is 0.0769. The Labute approximate surface area is 115 Å². The zero-order valence-electron chi connectivity index (χ0n) is 9.88. The minimum Gasteiger partial charge on any atom is -0.489 e. The molecular weight excluding hydrogens is 269 g/mol. The minimum atomic E-state index is -1.68. The molecular formula is C13H11BClFO3. The van der Waals surface area contributed by atoms with Gasteiger partial charge in [-0.3, -0.25) is 0 Å². The molecule has 2 rings (SSSR count). The van der Waals surface area contributed by atoms with E-state index < -0.39 is 12.9 Å². The van der Waals surface area contributed by atoms with Crippen molar-refractivity contribution in [1.29, 1.82) is 0 Å². The normalized spacial score (nSPS) is 10.3. The second-order valence-corrected chi connectivity index (χ2v) is 4.40. The molecule has 0 atom stereocenters. The first-order valence-electron chi connectivity index (χ1n) is 5.59. The molecule has 98 valence electrons. The molecule has 0 aromatic heterocycles. The molecule has 2 aromatic carbocycles. The molecule has 2 N–H and O–H groups in total. The first-order valence-corrected chi connectivity index (χ1v) is 5.97. The van der Waals surface area contributed by atoms with Crippen molar-refractivity contribution >= 4 is 24.2 Å². The van der Waals surface area contributed by atoms with Crippen molar-refractivity contribution < 1.29 is 19.2 Å². The molecule has 0 heterocycles. The van der Waals surface area contributed by atoms with Crippen LogP contribution in [0.25, 0.3) is 0 Å². The van der Waals surface area contributed by atoms with Crippen LogP contribution < -0.4 is 10.2 Å². The maximum absolute atomic E-state index is 13.7. The third-order valence-electron chi connectivity index (χ3n) is 2.58. The van der Waals surface area contributed by atoms with Crippen LogP contribution in [0.4, 0.5) is 4.39 Å². The van der Waals surface area contributed by atoms with Crippen LogP contribution in [0.1, 0.15) is 5.56 Å². The van der Waals surface area contributed by atoms with E-state index >= 15 is 0 Å². The van der Waals surface area contributed by atoms with E-state index in [2.05, 4.69) is 0 Å². The zero-order valence-corrected chi connectivity index (χ0v) is 10.6. The molecule has 0 aliphatic rings. The lowest BCUT2D eigenvalue weighted by Gasteiger charge is -2.08. The minimum absolute atomic E-state index is 0.0509. The molecule has 0 fully saturated rings. The highest BCUT2D eigenvalue weighted by molar-refractivity contribution is 6.58. The molecule has 6 heteroatoms. The Morgan fingerprint density at radius 3 is 2.37 bits per heavy atom. The fourth-order valence-electron chi connectivity index (χ4n) is 1.53. The average Bonchev–Trinajstić information content (AvgIpc) is 2.39. The van der Waals surface area contributed by atoms with Crippen LogP contribution in [0.2, 0.25) is 5.02 Å². The molecule has 0 amide bonds. The van der Waals surface area contributed by atoms with Gasteiger partial charge in [-0.1, -0.05) is 23.7 Å². The maximum Gasteiger partial charge on any atom is 0.488 e. The van der Waals surface area contributed by atoms with Crippen LogP contribution in [-0.2, 0) is 6.61 Å². The number of hydrogen-bond donors (Lipinski definition) is 2. The van der Waals surface area contributed by atoms with Crippen molar-refractivity contribution in [2.75, 3.05) is 0 Å². The number of benzene rings is 2. The number of hydrogen-bond acceptors (Lipinski definition) is 3. The lowest BCUT2D eigenvalue weighted by Crippen LogP contribution is -2.30. The van der Waals surface area contributed by atoms with E-state index in [0.717, 1.165) is 6.07 Å². The van der Waals surface area contributed by atoms with Crippen molar-refractivity contribution in [1.82, 2.24) is 0 Å². The van der Waals surface area contributed by atoms with Crippen LogP contribution in [-0.4, -0.2) is 17.2 Å². The van der Waals surface area contributed by atoms with E-state index in [0.29, 0.717) is 16.3 Å².